The van der Waals surface area contributed by atoms with E-state index in [1.54, 1.807) is 36.3 Å². The number of benzene rings is 1. The summed E-state index contributed by atoms with van der Waals surface area (Å²) >= 11 is 0. The number of ketones is 1. The van der Waals surface area contributed by atoms with Gasteiger partial charge in [0.05, 0.1) is 7.11 Å². The van der Waals surface area contributed by atoms with E-state index >= 15 is 0 Å². The molecule has 1 N–H and O–H groups in total. The molecule has 1 saturated heterocycles. The molecule has 2 rings (SSSR count). The second-order valence-electron chi connectivity index (χ2n) is 4.72. The molecule has 5 nitrogen and oxygen atoms in total. The minimum atomic E-state index is -0.162. The Balaban J connectivity index is 1.95. The largest absolute Gasteiger partial charge is 0.497 e. The number of methoxy groups -OCH3 is 1. The Morgan fingerprint density at radius 3 is 2.63 bits per heavy atom. The van der Waals surface area contributed by atoms with Crippen molar-refractivity contribution in [1.29, 1.82) is 0 Å². The average Bonchev–Trinajstić information content (AvgIpc) is 2.42. The number of anilines is 1. The topological polar surface area (TPSA) is 58.6 Å². The molecular formula is C14H18N2O3. The average molecular weight is 262 g/mol. The van der Waals surface area contributed by atoms with Crippen molar-refractivity contribution >= 4 is 17.5 Å². The molecule has 19 heavy (non-hydrogen) atoms. The summed E-state index contributed by atoms with van der Waals surface area (Å²) in [5, 5.41) is 2.82. The van der Waals surface area contributed by atoms with E-state index in [0.717, 1.165) is 11.4 Å². The van der Waals surface area contributed by atoms with Gasteiger partial charge < -0.3 is 15.0 Å². The monoisotopic (exact) mass is 262 g/mol. The van der Waals surface area contributed by atoms with Crippen molar-refractivity contribution in [1.82, 2.24) is 4.90 Å². The minimum absolute atomic E-state index is 0.0737. The number of hydrogen-bond donors (Lipinski definition) is 1. The highest BCUT2D eigenvalue weighted by Crippen LogP contribution is 2.17. The summed E-state index contributed by atoms with van der Waals surface area (Å²) in [6.45, 7) is 2.83. The van der Waals surface area contributed by atoms with E-state index in [0.29, 0.717) is 19.5 Å². The summed E-state index contributed by atoms with van der Waals surface area (Å²) in [6.07, 6.45) is 0.442. The van der Waals surface area contributed by atoms with Gasteiger partial charge in [-0.2, -0.15) is 0 Å². The van der Waals surface area contributed by atoms with Gasteiger partial charge in [-0.05, 0) is 24.3 Å². The van der Waals surface area contributed by atoms with Crippen molar-refractivity contribution < 1.29 is 14.3 Å². The Hall–Kier alpha value is -2.04. The molecule has 1 aliphatic heterocycles. The lowest BCUT2D eigenvalue weighted by Gasteiger charge is -2.30. The molecule has 1 atom stereocenters. The van der Waals surface area contributed by atoms with Gasteiger partial charge in [0.1, 0.15) is 11.5 Å². The molecule has 5 heteroatoms. The first-order valence-electron chi connectivity index (χ1n) is 6.33. The lowest BCUT2D eigenvalue weighted by Crippen LogP contribution is -2.45. The third kappa shape index (κ3) is 3.24. The Morgan fingerprint density at radius 2 is 2.05 bits per heavy atom. The van der Waals surface area contributed by atoms with Gasteiger partial charge in [-0.25, -0.2) is 4.79 Å². The standard InChI is InChI=1S/C14H18N2O3/c1-10-9-16(8-7-13(10)17)14(18)15-11-3-5-12(19-2)6-4-11/h3-6,10H,7-9H2,1-2H3,(H,15,18). The maximum absolute atomic E-state index is 12.0. The Labute approximate surface area is 112 Å². The van der Waals surface area contributed by atoms with Gasteiger partial charge in [0.2, 0.25) is 0 Å². The fraction of sp³-hybridized carbons (Fsp3) is 0.429. The van der Waals surface area contributed by atoms with Crippen molar-refractivity contribution in [2.45, 2.75) is 13.3 Å². The lowest BCUT2D eigenvalue weighted by molar-refractivity contribution is -0.124. The Bertz CT molecular complexity index is 470. The maximum atomic E-state index is 12.0. The molecule has 0 bridgehead atoms. The molecule has 2 amide bonds. The summed E-state index contributed by atoms with van der Waals surface area (Å²) in [7, 11) is 1.60. The van der Waals surface area contributed by atoms with Crippen molar-refractivity contribution in [2.24, 2.45) is 5.92 Å². The molecule has 0 spiro atoms. The zero-order chi connectivity index (χ0) is 13.8. The molecule has 1 aliphatic rings. The summed E-state index contributed by atoms with van der Waals surface area (Å²) in [5.74, 6) is 0.902. The van der Waals surface area contributed by atoms with Crippen LogP contribution in [0.3, 0.4) is 0 Å². The third-order valence-corrected chi connectivity index (χ3v) is 3.30. The molecule has 0 aliphatic carbocycles. The van der Waals surface area contributed by atoms with E-state index in [1.165, 1.54) is 0 Å². The van der Waals surface area contributed by atoms with Crippen LogP contribution in [0.5, 0.6) is 5.75 Å². The number of carbonyl (C=O) groups excluding carboxylic acids is 2. The molecule has 1 heterocycles. The number of hydrogen-bond acceptors (Lipinski definition) is 3. The highest BCUT2D eigenvalue weighted by Gasteiger charge is 2.26. The van der Waals surface area contributed by atoms with Crippen molar-refractivity contribution in [3.8, 4) is 5.75 Å². The summed E-state index contributed by atoms with van der Waals surface area (Å²) in [4.78, 5) is 25.1. The molecule has 1 unspecified atom stereocenters. The van der Waals surface area contributed by atoms with Crippen molar-refractivity contribution in [2.75, 3.05) is 25.5 Å². The predicted molar refractivity (Wildman–Crippen MR) is 72.4 cm³/mol. The first kappa shape index (κ1) is 13.4. The van der Waals surface area contributed by atoms with Crippen molar-refractivity contribution in [3.63, 3.8) is 0 Å². The number of likely N-dealkylation sites (tertiary alicyclic amines) is 1. The number of nitrogens with one attached hydrogen (secondary N) is 1. The van der Waals surface area contributed by atoms with Gasteiger partial charge in [0.25, 0.3) is 0 Å². The number of urea groups is 1. The first-order chi connectivity index (χ1) is 9.10. The molecule has 0 saturated carbocycles. The molecule has 1 aromatic carbocycles. The van der Waals surface area contributed by atoms with Gasteiger partial charge in [-0.1, -0.05) is 6.92 Å². The van der Waals surface area contributed by atoms with E-state index < -0.39 is 0 Å². The second kappa shape index (κ2) is 5.73. The number of piperidine rings is 1. The van der Waals surface area contributed by atoms with Gasteiger partial charge in [-0.3, -0.25) is 4.79 Å². The number of ether oxygens (including phenoxy) is 1. The van der Waals surface area contributed by atoms with Crippen LogP contribution >= 0.6 is 0 Å². The number of rotatable bonds is 2. The fourth-order valence-corrected chi connectivity index (χ4v) is 2.08. The van der Waals surface area contributed by atoms with E-state index in [2.05, 4.69) is 5.32 Å². The summed E-state index contributed by atoms with van der Waals surface area (Å²) in [5.41, 5.74) is 0.718. The fourth-order valence-electron chi connectivity index (χ4n) is 2.08. The van der Waals surface area contributed by atoms with E-state index in [1.807, 2.05) is 6.92 Å². The molecule has 102 valence electrons. The van der Waals surface area contributed by atoms with Gasteiger partial charge in [-0.15, -0.1) is 0 Å². The van der Waals surface area contributed by atoms with Crippen LogP contribution in [0.2, 0.25) is 0 Å². The Kier molecular flexibility index (Phi) is 4.04. The number of amides is 2. The van der Waals surface area contributed by atoms with Gasteiger partial charge in [0.15, 0.2) is 0 Å². The molecule has 1 fully saturated rings. The van der Waals surface area contributed by atoms with Crippen LogP contribution in [0.15, 0.2) is 24.3 Å². The van der Waals surface area contributed by atoms with Crippen LogP contribution in [0, 0.1) is 5.92 Å². The SMILES string of the molecule is COc1ccc(NC(=O)N2CCC(=O)C(C)C2)cc1. The molecule has 0 aromatic heterocycles. The summed E-state index contributed by atoms with van der Waals surface area (Å²) in [6, 6.07) is 6.99. The minimum Gasteiger partial charge on any atom is -0.497 e. The van der Waals surface area contributed by atoms with Crippen LogP contribution in [0.4, 0.5) is 10.5 Å². The number of carbonyl (C=O) groups is 2. The van der Waals surface area contributed by atoms with E-state index in [-0.39, 0.29) is 17.7 Å². The molecule has 1 aromatic rings. The van der Waals surface area contributed by atoms with Crippen LogP contribution in [0.25, 0.3) is 0 Å². The zero-order valence-electron chi connectivity index (χ0n) is 11.2. The molecule has 0 radical (unpaired) electrons. The highest BCUT2D eigenvalue weighted by molar-refractivity contribution is 5.91. The third-order valence-electron chi connectivity index (χ3n) is 3.30. The van der Waals surface area contributed by atoms with Crippen LogP contribution in [-0.2, 0) is 4.79 Å². The quantitative estimate of drug-likeness (QED) is 0.888. The first-order valence-corrected chi connectivity index (χ1v) is 6.33. The molecular weight excluding hydrogens is 244 g/mol. The van der Waals surface area contributed by atoms with Gasteiger partial charge >= 0.3 is 6.03 Å². The smallest absolute Gasteiger partial charge is 0.321 e. The maximum Gasteiger partial charge on any atom is 0.321 e. The Morgan fingerprint density at radius 1 is 1.37 bits per heavy atom. The van der Waals surface area contributed by atoms with E-state index in [4.69, 9.17) is 4.74 Å². The number of Topliss-reactive ketones (excluding diaryl/α,β-unsaturated/α-hetero) is 1. The van der Waals surface area contributed by atoms with E-state index in [9.17, 15) is 9.59 Å². The zero-order valence-corrected chi connectivity index (χ0v) is 11.2. The lowest BCUT2D eigenvalue weighted by atomic mass is 9.99. The van der Waals surface area contributed by atoms with Gasteiger partial charge in [0, 0.05) is 31.1 Å². The second-order valence-corrected chi connectivity index (χ2v) is 4.72. The van der Waals surface area contributed by atoms with Crippen LogP contribution in [-0.4, -0.2) is 36.9 Å². The predicted octanol–water partition coefficient (Wildman–Crippen LogP) is 2.14. The highest BCUT2D eigenvalue weighted by atomic mass is 16.5. The van der Waals surface area contributed by atoms with Crippen molar-refractivity contribution in [3.05, 3.63) is 24.3 Å². The normalized spacial score (nSPS) is 19.2. The number of nitrogens with zero attached hydrogens (tertiary/aromatic N) is 1. The van der Waals surface area contributed by atoms with Crippen LogP contribution < -0.4 is 10.1 Å². The summed E-state index contributed by atoms with van der Waals surface area (Å²) < 4.78 is 5.06. The van der Waals surface area contributed by atoms with Crippen LogP contribution in [0.1, 0.15) is 13.3 Å².